The summed E-state index contributed by atoms with van der Waals surface area (Å²) < 4.78 is 7.70. The summed E-state index contributed by atoms with van der Waals surface area (Å²) in [7, 11) is 0. The van der Waals surface area contributed by atoms with E-state index in [1.165, 1.54) is 0 Å². The zero-order chi connectivity index (χ0) is 18.1. The fourth-order valence-corrected chi connectivity index (χ4v) is 3.90. The highest BCUT2D eigenvalue weighted by molar-refractivity contribution is 5.58. The van der Waals surface area contributed by atoms with Crippen molar-refractivity contribution in [2.45, 2.75) is 25.3 Å². The van der Waals surface area contributed by atoms with Crippen molar-refractivity contribution >= 4 is 5.65 Å². The van der Waals surface area contributed by atoms with Crippen LogP contribution in [0.5, 0.6) is 0 Å². The highest BCUT2D eigenvalue weighted by Gasteiger charge is 2.26. The van der Waals surface area contributed by atoms with Crippen LogP contribution in [0, 0.1) is 0 Å². The van der Waals surface area contributed by atoms with Gasteiger partial charge in [-0.15, -0.1) is 10.2 Å². The molecule has 0 saturated carbocycles. The lowest BCUT2D eigenvalue weighted by molar-refractivity contribution is 0.177. The average molecular weight is 359 g/mol. The molecular formula is C21H21N5O. The van der Waals surface area contributed by atoms with Crippen LogP contribution in [-0.2, 0) is 6.54 Å². The predicted octanol–water partition coefficient (Wildman–Crippen LogP) is 3.76. The highest BCUT2D eigenvalue weighted by Crippen LogP contribution is 2.27. The van der Waals surface area contributed by atoms with Crippen LogP contribution in [0.3, 0.4) is 0 Å². The third kappa shape index (κ3) is 3.24. The van der Waals surface area contributed by atoms with E-state index in [1.807, 2.05) is 48.7 Å². The number of benzene rings is 1. The summed E-state index contributed by atoms with van der Waals surface area (Å²) in [5.74, 6) is 2.34. The van der Waals surface area contributed by atoms with E-state index >= 15 is 0 Å². The first-order chi connectivity index (χ1) is 13.4. The predicted molar refractivity (Wildman–Crippen MR) is 102 cm³/mol. The quantitative estimate of drug-likeness (QED) is 0.555. The molecule has 3 aromatic heterocycles. The number of rotatable bonds is 4. The second-order valence-corrected chi connectivity index (χ2v) is 7.11. The third-order valence-corrected chi connectivity index (χ3v) is 5.22. The number of likely N-dealkylation sites (tertiary alicyclic amines) is 1. The fourth-order valence-electron chi connectivity index (χ4n) is 3.90. The summed E-state index contributed by atoms with van der Waals surface area (Å²) in [4.78, 5) is 2.42. The molecule has 1 aliphatic heterocycles. The number of piperidine rings is 1. The van der Waals surface area contributed by atoms with Crippen LogP contribution >= 0.6 is 0 Å². The molecule has 1 saturated heterocycles. The van der Waals surface area contributed by atoms with Gasteiger partial charge in [0.1, 0.15) is 11.5 Å². The number of fused-ring (bicyclic) bond motifs is 1. The van der Waals surface area contributed by atoms with Crippen molar-refractivity contribution in [2.24, 2.45) is 0 Å². The van der Waals surface area contributed by atoms with Gasteiger partial charge in [0.15, 0.2) is 11.4 Å². The summed E-state index contributed by atoms with van der Waals surface area (Å²) in [5, 5.41) is 13.0. The molecule has 6 nitrogen and oxygen atoms in total. The van der Waals surface area contributed by atoms with Gasteiger partial charge in [0.25, 0.3) is 0 Å². The first-order valence-electron chi connectivity index (χ1n) is 9.40. The Morgan fingerprint density at radius 1 is 1.04 bits per heavy atom. The van der Waals surface area contributed by atoms with E-state index in [9.17, 15) is 0 Å². The van der Waals surface area contributed by atoms with Crippen molar-refractivity contribution in [2.75, 3.05) is 13.1 Å². The zero-order valence-corrected chi connectivity index (χ0v) is 15.0. The average Bonchev–Trinajstić information content (AvgIpc) is 3.36. The largest absolute Gasteiger partial charge is 0.359 e. The van der Waals surface area contributed by atoms with E-state index < -0.39 is 0 Å². The van der Waals surface area contributed by atoms with Crippen LogP contribution in [0.1, 0.15) is 30.3 Å². The molecule has 0 amide bonds. The first-order valence-corrected chi connectivity index (χ1v) is 9.40. The first kappa shape index (κ1) is 16.2. The molecule has 5 rings (SSSR count). The van der Waals surface area contributed by atoms with E-state index in [-0.39, 0.29) is 0 Å². The van der Waals surface area contributed by atoms with E-state index in [1.54, 1.807) is 0 Å². The Balaban J connectivity index is 1.31. The number of aromatic nitrogens is 4. The molecule has 1 aromatic carbocycles. The van der Waals surface area contributed by atoms with Crippen molar-refractivity contribution in [3.05, 3.63) is 72.4 Å². The van der Waals surface area contributed by atoms with Gasteiger partial charge in [-0.1, -0.05) is 41.6 Å². The molecule has 1 fully saturated rings. The molecule has 4 heterocycles. The van der Waals surface area contributed by atoms with Crippen molar-refractivity contribution in [1.29, 1.82) is 0 Å². The van der Waals surface area contributed by atoms with Gasteiger partial charge in [-0.05, 0) is 31.5 Å². The Morgan fingerprint density at radius 3 is 2.85 bits per heavy atom. The Morgan fingerprint density at radius 2 is 1.93 bits per heavy atom. The normalized spacial score (nSPS) is 18.1. The molecule has 6 heteroatoms. The Kier molecular flexibility index (Phi) is 4.18. The molecular weight excluding hydrogens is 338 g/mol. The van der Waals surface area contributed by atoms with Gasteiger partial charge in [-0.2, -0.15) is 0 Å². The van der Waals surface area contributed by atoms with Crippen LogP contribution in [0.25, 0.3) is 16.9 Å². The van der Waals surface area contributed by atoms with Crippen LogP contribution in [0.2, 0.25) is 0 Å². The van der Waals surface area contributed by atoms with Gasteiger partial charge >= 0.3 is 0 Å². The Hall–Kier alpha value is -2.99. The lowest BCUT2D eigenvalue weighted by Gasteiger charge is -2.31. The summed E-state index contributed by atoms with van der Waals surface area (Å²) in [6, 6.07) is 18.2. The Bertz CT molecular complexity index is 1040. The fraction of sp³-hybridized carbons (Fsp3) is 0.286. The number of nitrogens with zero attached hydrogens (tertiary/aromatic N) is 5. The van der Waals surface area contributed by atoms with Gasteiger partial charge < -0.3 is 4.52 Å². The minimum atomic E-state index is 0.382. The molecule has 0 aliphatic carbocycles. The summed E-state index contributed by atoms with van der Waals surface area (Å²) in [5.41, 5.74) is 2.88. The third-order valence-electron chi connectivity index (χ3n) is 5.22. The molecule has 0 radical (unpaired) electrons. The van der Waals surface area contributed by atoms with E-state index in [0.717, 1.165) is 61.0 Å². The standard InChI is InChI=1S/C21H21N5O/c1-2-7-16(8-3-1)19-13-18(27-24-19)15-25-11-6-9-17(14-25)21-23-22-20-10-4-5-12-26(20)21/h1-5,7-8,10,12-13,17H,6,9,11,14-15H2/t17-/m0/s1. The summed E-state index contributed by atoms with van der Waals surface area (Å²) in [6.45, 7) is 2.79. The van der Waals surface area contributed by atoms with Crippen LogP contribution in [0.4, 0.5) is 0 Å². The maximum absolute atomic E-state index is 5.59. The summed E-state index contributed by atoms with van der Waals surface area (Å²) >= 11 is 0. The van der Waals surface area contributed by atoms with E-state index in [2.05, 4.69) is 36.8 Å². The van der Waals surface area contributed by atoms with Gasteiger partial charge in [0, 0.05) is 30.3 Å². The minimum Gasteiger partial charge on any atom is -0.359 e. The highest BCUT2D eigenvalue weighted by atomic mass is 16.5. The van der Waals surface area contributed by atoms with Crippen molar-refractivity contribution in [3.63, 3.8) is 0 Å². The monoisotopic (exact) mass is 359 g/mol. The topological polar surface area (TPSA) is 59.5 Å². The second kappa shape index (κ2) is 6.96. The maximum atomic E-state index is 5.59. The van der Waals surface area contributed by atoms with Gasteiger partial charge in [0.2, 0.25) is 0 Å². The van der Waals surface area contributed by atoms with Gasteiger partial charge in [0.05, 0.1) is 6.54 Å². The van der Waals surface area contributed by atoms with E-state index in [4.69, 9.17) is 4.52 Å². The molecule has 136 valence electrons. The SMILES string of the molecule is c1ccc(-c2cc(CN3CCC[C@H](c4nnc5ccccn45)C3)on2)cc1. The van der Waals surface area contributed by atoms with Gasteiger partial charge in [-0.25, -0.2) is 0 Å². The van der Waals surface area contributed by atoms with Gasteiger partial charge in [-0.3, -0.25) is 9.30 Å². The second-order valence-electron chi connectivity index (χ2n) is 7.11. The van der Waals surface area contributed by atoms with Crippen LogP contribution in [0.15, 0.2) is 65.3 Å². The van der Waals surface area contributed by atoms with Crippen molar-refractivity contribution < 1.29 is 4.52 Å². The molecule has 1 atom stereocenters. The van der Waals surface area contributed by atoms with Crippen molar-refractivity contribution in [1.82, 2.24) is 24.7 Å². The maximum Gasteiger partial charge on any atom is 0.160 e. The molecule has 0 spiro atoms. The molecule has 27 heavy (non-hydrogen) atoms. The number of hydrogen-bond acceptors (Lipinski definition) is 5. The van der Waals surface area contributed by atoms with E-state index in [0.29, 0.717) is 5.92 Å². The van der Waals surface area contributed by atoms with Crippen LogP contribution < -0.4 is 0 Å². The molecule has 0 bridgehead atoms. The lowest BCUT2D eigenvalue weighted by atomic mass is 9.97. The molecule has 4 aromatic rings. The number of pyridine rings is 1. The van der Waals surface area contributed by atoms with Crippen LogP contribution in [-0.4, -0.2) is 37.7 Å². The summed E-state index contributed by atoms with van der Waals surface area (Å²) in [6.07, 6.45) is 4.33. The number of hydrogen-bond donors (Lipinski definition) is 0. The van der Waals surface area contributed by atoms with Crippen molar-refractivity contribution in [3.8, 4) is 11.3 Å². The molecule has 0 N–H and O–H groups in total. The Labute approximate surface area is 157 Å². The zero-order valence-electron chi connectivity index (χ0n) is 15.0. The molecule has 0 unspecified atom stereocenters. The minimum absolute atomic E-state index is 0.382. The smallest absolute Gasteiger partial charge is 0.160 e. The molecule has 1 aliphatic rings. The lowest BCUT2D eigenvalue weighted by Crippen LogP contribution is -2.34.